The van der Waals surface area contributed by atoms with Gasteiger partial charge in [-0.1, -0.05) is 32.9 Å². The van der Waals surface area contributed by atoms with Crippen LogP contribution in [0.15, 0.2) is 29.3 Å². The number of nitrogens with zero attached hydrogens (tertiary/aromatic N) is 2. The van der Waals surface area contributed by atoms with Gasteiger partial charge in [-0.2, -0.15) is 0 Å². The predicted octanol–water partition coefficient (Wildman–Crippen LogP) is 3.89. The van der Waals surface area contributed by atoms with Crippen molar-refractivity contribution in [3.8, 4) is 0 Å². The fraction of sp³-hybridized carbons (Fsp3) is 0.611. The third-order valence-electron chi connectivity index (χ3n) is 4.40. The number of hydrogen-bond donors (Lipinski definition) is 2. The number of anilines is 1. The highest BCUT2D eigenvalue weighted by molar-refractivity contribution is 14.0. The van der Waals surface area contributed by atoms with Gasteiger partial charge in [0.15, 0.2) is 5.96 Å². The molecule has 0 aromatic heterocycles. The normalized spacial score (nSPS) is 19.5. The zero-order chi connectivity index (χ0) is 15.9. The van der Waals surface area contributed by atoms with Crippen LogP contribution in [0.5, 0.6) is 0 Å². The molecule has 2 rings (SSSR count). The van der Waals surface area contributed by atoms with E-state index in [4.69, 9.17) is 5.73 Å². The maximum atomic E-state index is 6.04. The van der Waals surface area contributed by atoms with Crippen molar-refractivity contribution in [1.29, 1.82) is 0 Å². The van der Waals surface area contributed by atoms with Gasteiger partial charge < -0.3 is 16.0 Å². The molecular formula is C18H31IN4. The van der Waals surface area contributed by atoms with Crippen LogP contribution in [0, 0.1) is 5.92 Å². The molecule has 0 saturated carbocycles. The number of halogens is 1. The highest BCUT2D eigenvalue weighted by Gasteiger charge is 2.18. The lowest BCUT2D eigenvalue weighted by atomic mass is 9.98. The summed E-state index contributed by atoms with van der Waals surface area (Å²) in [6, 6.07) is 8.38. The van der Waals surface area contributed by atoms with Crippen molar-refractivity contribution < 1.29 is 0 Å². The average Bonchev–Trinajstić information content (AvgIpc) is 2.53. The third kappa shape index (κ3) is 6.67. The molecule has 0 spiro atoms. The SMILES string of the molecule is CCN1CCCC(CN=C(N)Nc2cccc(C(C)C)c2)C1.I. The number of rotatable bonds is 5. The minimum atomic E-state index is 0. The van der Waals surface area contributed by atoms with E-state index in [1.54, 1.807) is 0 Å². The molecular weight excluding hydrogens is 399 g/mol. The van der Waals surface area contributed by atoms with Crippen LogP contribution in [0.25, 0.3) is 0 Å². The molecule has 23 heavy (non-hydrogen) atoms. The number of likely N-dealkylation sites (tertiary alicyclic amines) is 1. The summed E-state index contributed by atoms with van der Waals surface area (Å²) in [5.41, 5.74) is 8.37. The fourth-order valence-electron chi connectivity index (χ4n) is 2.98. The number of nitrogens with two attached hydrogens (primary N) is 1. The Morgan fingerprint density at radius 2 is 2.22 bits per heavy atom. The highest BCUT2D eigenvalue weighted by Crippen LogP contribution is 2.19. The van der Waals surface area contributed by atoms with Crippen molar-refractivity contribution >= 4 is 35.6 Å². The smallest absolute Gasteiger partial charge is 0.193 e. The Hall–Kier alpha value is -0.820. The Morgan fingerprint density at radius 1 is 1.43 bits per heavy atom. The summed E-state index contributed by atoms with van der Waals surface area (Å²) in [4.78, 5) is 7.04. The number of nitrogens with one attached hydrogen (secondary N) is 1. The number of benzene rings is 1. The van der Waals surface area contributed by atoms with Gasteiger partial charge in [-0.25, -0.2) is 0 Å². The summed E-state index contributed by atoms with van der Waals surface area (Å²) in [7, 11) is 0. The summed E-state index contributed by atoms with van der Waals surface area (Å²) in [5.74, 6) is 1.67. The summed E-state index contributed by atoms with van der Waals surface area (Å²) in [6.45, 7) is 10.9. The molecule has 0 aliphatic carbocycles. The Bertz CT molecular complexity index is 502. The lowest BCUT2D eigenvalue weighted by Gasteiger charge is -2.30. The molecule has 4 nitrogen and oxygen atoms in total. The van der Waals surface area contributed by atoms with Crippen LogP contribution in [0.1, 0.15) is 45.1 Å². The van der Waals surface area contributed by atoms with Crippen LogP contribution in [-0.2, 0) is 0 Å². The Balaban J connectivity index is 0.00000264. The summed E-state index contributed by atoms with van der Waals surface area (Å²) >= 11 is 0. The van der Waals surface area contributed by atoms with E-state index in [9.17, 15) is 0 Å². The van der Waals surface area contributed by atoms with Gasteiger partial charge in [-0.3, -0.25) is 4.99 Å². The first-order valence-electron chi connectivity index (χ1n) is 8.47. The fourth-order valence-corrected chi connectivity index (χ4v) is 2.98. The van der Waals surface area contributed by atoms with E-state index < -0.39 is 0 Å². The molecule has 1 aromatic rings. The second kappa shape index (κ2) is 10.1. The first-order valence-corrected chi connectivity index (χ1v) is 8.47. The number of piperidine rings is 1. The third-order valence-corrected chi connectivity index (χ3v) is 4.40. The summed E-state index contributed by atoms with van der Waals surface area (Å²) in [6.07, 6.45) is 2.54. The molecule has 0 bridgehead atoms. The average molecular weight is 430 g/mol. The lowest BCUT2D eigenvalue weighted by molar-refractivity contribution is 0.187. The zero-order valence-corrected chi connectivity index (χ0v) is 16.9. The first kappa shape index (κ1) is 20.2. The van der Waals surface area contributed by atoms with Crippen LogP contribution >= 0.6 is 24.0 Å². The molecule has 130 valence electrons. The molecule has 1 saturated heterocycles. The summed E-state index contributed by atoms with van der Waals surface area (Å²) in [5, 5.41) is 3.22. The minimum absolute atomic E-state index is 0. The van der Waals surface area contributed by atoms with Crippen LogP contribution in [0.2, 0.25) is 0 Å². The van der Waals surface area contributed by atoms with Crippen molar-refractivity contribution in [2.24, 2.45) is 16.6 Å². The number of guanidine groups is 1. The van der Waals surface area contributed by atoms with E-state index in [0.717, 1.165) is 25.3 Å². The Kier molecular flexibility index (Phi) is 8.91. The highest BCUT2D eigenvalue weighted by atomic mass is 127. The van der Waals surface area contributed by atoms with E-state index in [-0.39, 0.29) is 24.0 Å². The minimum Gasteiger partial charge on any atom is -0.370 e. The van der Waals surface area contributed by atoms with Gasteiger partial charge in [0.2, 0.25) is 0 Å². The first-order chi connectivity index (χ1) is 10.6. The second-order valence-corrected chi connectivity index (χ2v) is 6.53. The predicted molar refractivity (Wildman–Crippen MR) is 111 cm³/mol. The number of aliphatic imine (C=N–C) groups is 1. The van der Waals surface area contributed by atoms with Gasteiger partial charge in [-0.05, 0) is 55.5 Å². The maximum Gasteiger partial charge on any atom is 0.193 e. The van der Waals surface area contributed by atoms with Crippen molar-refractivity contribution in [3.63, 3.8) is 0 Å². The van der Waals surface area contributed by atoms with Gasteiger partial charge in [0.25, 0.3) is 0 Å². The van der Waals surface area contributed by atoms with Gasteiger partial charge in [0.05, 0.1) is 0 Å². The lowest BCUT2D eigenvalue weighted by Crippen LogP contribution is -2.36. The molecule has 1 aromatic carbocycles. The van der Waals surface area contributed by atoms with Crippen LogP contribution in [0.4, 0.5) is 5.69 Å². The van der Waals surface area contributed by atoms with Crippen molar-refractivity contribution in [2.45, 2.75) is 39.5 Å². The zero-order valence-electron chi connectivity index (χ0n) is 14.6. The molecule has 1 fully saturated rings. The van der Waals surface area contributed by atoms with Crippen molar-refractivity contribution in [3.05, 3.63) is 29.8 Å². The van der Waals surface area contributed by atoms with Crippen LogP contribution < -0.4 is 11.1 Å². The molecule has 1 atom stereocenters. The van der Waals surface area contributed by atoms with Gasteiger partial charge in [0, 0.05) is 18.8 Å². The quantitative estimate of drug-likeness (QED) is 0.424. The van der Waals surface area contributed by atoms with E-state index in [1.807, 2.05) is 6.07 Å². The second-order valence-electron chi connectivity index (χ2n) is 6.53. The molecule has 0 amide bonds. The van der Waals surface area contributed by atoms with E-state index in [2.05, 4.69) is 54.2 Å². The van der Waals surface area contributed by atoms with Gasteiger partial charge >= 0.3 is 0 Å². The van der Waals surface area contributed by atoms with Crippen LogP contribution in [-0.4, -0.2) is 37.0 Å². The van der Waals surface area contributed by atoms with E-state index in [0.29, 0.717) is 17.8 Å². The standard InChI is InChI=1S/C18H30N4.HI/c1-4-22-10-6-7-15(13-22)12-20-18(19)21-17-9-5-8-16(11-17)14(2)3;/h5,8-9,11,14-15H,4,6-7,10,12-13H2,1-3H3,(H3,19,20,21);1H. The maximum absolute atomic E-state index is 6.04. The molecule has 0 radical (unpaired) electrons. The molecule has 1 heterocycles. The molecule has 3 N–H and O–H groups in total. The van der Waals surface area contributed by atoms with E-state index >= 15 is 0 Å². The van der Waals surface area contributed by atoms with Gasteiger partial charge in [0.1, 0.15) is 0 Å². The van der Waals surface area contributed by atoms with E-state index in [1.165, 1.54) is 24.9 Å². The topological polar surface area (TPSA) is 53.6 Å². The van der Waals surface area contributed by atoms with Crippen molar-refractivity contribution in [1.82, 2.24) is 4.90 Å². The monoisotopic (exact) mass is 430 g/mol. The van der Waals surface area contributed by atoms with Crippen LogP contribution in [0.3, 0.4) is 0 Å². The molecule has 1 aliphatic rings. The van der Waals surface area contributed by atoms with Gasteiger partial charge in [-0.15, -0.1) is 24.0 Å². The largest absolute Gasteiger partial charge is 0.370 e. The molecule has 1 aliphatic heterocycles. The Morgan fingerprint density at radius 3 is 2.91 bits per heavy atom. The molecule has 1 unspecified atom stereocenters. The molecule has 5 heteroatoms. The Labute approximate surface area is 157 Å². The summed E-state index contributed by atoms with van der Waals surface area (Å²) < 4.78 is 0. The number of hydrogen-bond acceptors (Lipinski definition) is 2. The van der Waals surface area contributed by atoms with Crippen molar-refractivity contribution in [2.75, 3.05) is 31.5 Å².